The van der Waals surface area contributed by atoms with Gasteiger partial charge in [-0.25, -0.2) is 4.39 Å². The minimum absolute atomic E-state index is 0.266. The Kier molecular flexibility index (Phi) is 3.95. The molecule has 0 saturated carbocycles. The van der Waals surface area contributed by atoms with Crippen LogP contribution in [-0.4, -0.2) is 23.5 Å². The lowest BCUT2D eigenvalue weighted by Gasteiger charge is -2.36. The molecular formula is C14H18FN3. The summed E-state index contributed by atoms with van der Waals surface area (Å²) in [5.41, 5.74) is 6.93. The van der Waals surface area contributed by atoms with Gasteiger partial charge in [0.15, 0.2) is 0 Å². The lowest BCUT2D eigenvalue weighted by atomic mass is 9.98. The number of rotatable bonds is 2. The molecule has 3 nitrogen and oxygen atoms in total. The summed E-state index contributed by atoms with van der Waals surface area (Å²) in [6.45, 7) is 3.62. The highest BCUT2D eigenvalue weighted by Gasteiger charge is 2.23. The van der Waals surface area contributed by atoms with Crippen LogP contribution in [0.15, 0.2) is 18.2 Å². The highest BCUT2D eigenvalue weighted by Crippen LogP contribution is 2.20. The number of halogens is 1. The molecule has 2 N–H and O–H groups in total. The Labute approximate surface area is 107 Å². The first-order chi connectivity index (χ1) is 8.60. The third-order valence-corrected chi connectivity index (χ3v) is 3.61. The molecule has 18 heavy (non-hydrogen) atoms. The second kappa shape index (κ2) is 5.47. The van der Waals surface area contributed by atoms with Gasteiger partial charge in [-0.1, -0.05) is 6.07 Å². The van der Waals surface area contributed by atoms with Crippen molar-refractivity contribution < 1.29 is 4.39 Å². The average molecular weight is 247 g/mol. The van der Waals surface area contributed by atoms with Crippen LogP contribution in [0, 0.1) is 17.1 Å². The summed E-state index contributed by atoms with van der Waals surface area (Å²) in [5, 5.41) is 8.70. The summed E-state index contributed by atoms with van der Waals surface area (Å²) < 4.78 is 13.8. The van der Waals surface area contributed by atoms with Crippen LogP contribution >= 0.6 is 0 Å². The molecule has 0 aliphatic carbocycles. The SMILES string of the molecule is CC1CC(N)CCN1Cc1ccc(C#N)cc1F. The van der Waals surface area contributed by atoms with Crippen molar-refractivity contribution in [1.29, 1.82) is 5.26 Å². The predicted octanol–water partition coefficient (Wildman–Crippen LogP) is 2.01. The summed E-state index contributed by atoms with van der Waals surface area (Å²) in [5.74, 6) is -0.295. The summed E-state index contributed by atoms with van der Waals surface area (Å²) >= 11 is 0. The van der Waals surface area contributed by atoms with Gasteiger partial charge in [0.2, 0.25) is 0 Å². The second-order valence-corrected chi connectivity index (χ2v) is 5.02. The number of nitrogens with two attached hydrogens (primary N) is 1. The molecule has 0 bridgehead atoms. The van der Waals surface area contributed by atoms with E-state index in [0.717, 1.165) is 19.4 Å². The van der Waals surface area contributed by atoms with Crippen LogP contribution in [0.5, 0.6) is 0 Å². The average Bonchev–Trinajstić information content (AvgIpc) is 2.34. The van der Waals surface area contributed by atoms with Crippen LogP contribution < -0.4 is 5.73 Å². The fourth-order valence-electron chi connectivity index (χ4n) is 2.46. The lowest BCUT2D eigenvalue weighted by Crippen LogP contribution is -2.45. The maximum Gasteiger partial charge on any atom is 0.129 e. The second-order valence-electron chi connectivity index (χ2n) is 5.02. The zero-order chi connectivity index (χ0) is 13.1. The molecule has 2 atom stereocenters. The van der Waals surface area contributed by atoms with Crippen molar-refractivity contribution in [3.8, 4) is 6.07 Å². The molecule has 1 saturated heterocycles. The Morgan fingerprint density at radius 1 is 1.56 bits per heavy atom. The molecule has 2 rings (SSSR count). The van der Waals surface area contributed by atoms with Crippen LogP contribution in [0.2, 0.25) is 0 Å². The summed E-state index contributed by atoms with van der Waals surface area (Å²) in [7, 11) is 0. The fourth-order valence-corrected chi connectivity index (χ4v) is 2.46. The van der Waals surface area contributed by atoms with Gasteiger partial charge in [-0.2, -0.15) is 5.26 Å². The molecule has 0 spiro atoms. The minimum atomic E-state index is -0.295. The first-order valence-corrected chi connectivity index (χ1v) is 6.28. The lowest BCUT2D eigenvalue weighted by molar-refractivity contribution is 0.138. The Balaban J connectivity index is 2.08. The van der Waals surface area contributed by atoms with Gasteiger partial charge in [0.25, 0.3) is 0 Å². The quantitative estimate of drug-likeness (QED) is 0.869. The van der Waals surface area contributed by atoms with Crippen molar-refractivity contribution >= 4 is 0 Å². The number of nitriles is 1. The molecule has 96 valence electrons. The molecule has 1 aromatic carbocycles. The minimum Gasteiger partial charge on any atom is -0.328 e. The number of piperidine rings is 1. The Morgan fingerprint density at radius 3 is 2.94 bits per heavy atom. The van der Waals surface area contributed by atoms with Gasteiger partial charge in [0.1, 0.15) is 5.82 Å². The van der Waals surface area contributed by atoms with E-state index in [9.17, 15) is 4.39 Å². The third-order valence-electron chi connectivity index (χ3n) is 3.61. The Bertz CT molecular complexity index is 467. The van der Waals surface area contributed by atoms with Gasteiger partial charge >= 0.3 is 0 Å². The molecule has 0 aromatic heterocycles. The molecule has 0 radical (unpaired) electrons. The van der Waals surface area contributed by atoms with Crippen molar-refractivity contribution in [2.75, 3.05) is 6.54 Å². The van der Waals surface area contributed by atoms with Crippen molar-refractivity contribution in [3.05, 3.63) is 35.1 Å². The van der Waals surface area contributed by atoms with Crippen LogP contribution in [-0.2, 0) is 6.54 Å². The highest BCUT2D eigenvalue weighted by molar-refractivity contribution is 5.32. The van der Waals surface area contributed by atoms with Gasteiger partial charge in [-0.15, -0.1) is 0 Å². The van der Waals surface area contributed by atoms with Gasteiger partial charge in [0, 0.05) is 30.7 Å². The topological polar surface area (TPSA) is 53.0 Å². The highest BCUT2D eigenvalue weighted by atomic mass is 19.1. The van der Waals surface area contributed by atoms with Crippen molar-refractivity contribution in [2.45, 2.75) is 38.4 Å². The standard InChI is InChI=1S/C14H18FN3/c1-10-6-13(17)4-5-18(10)9-12-3-2-11(8-16)7-14(12)15/h2-3,7,10,13H,4-6,9,17H2,1H3. The third kappa shape index (κ3) is 2.87. The van der Waals surface area contributed by atoms with E-state index in [-0.39, 0.29) is 11.9 Å². The molecule has 1 fully saturated rings. The van der Waals surface area contributed by atoms with E-state index >= 15 is 0 Å². The van der Waals surface area contributed by atoms with E-state index in [4.69, 9.17) is 11.0 Å². The fraction of sp³-hybridized carbons (Fsp3) is 0.500. The van der Waals surface area contributed by atoms with E-state index < -0.39 is 0 Å². The molecule has 2 unspecified atom stereocenters. The van der Waals surface area contributed by atoms with Crippen LogP contribution in [0.3, 0.4) is 0 Å². The maximum atomic E-state index is 13.8. The van der Waals surface area contributed by atoms with Crippen molar-refractivity contribution in [2.24, 2.45) is 5.73 Å². The first kappa shape index (κ1) is 13.0. The first-order valence-electron chi connectivity index (χ1n) is 6.28. The number of hydrogen-bond donors (Lipinski definition) is 1. The molecule has 0 amide bonds. The molecule has 4 heteroatoms. The van der Waals surface area contributed by atoms with Gasteiger partial charge in [0.05, 0.1) is 11.6 Å². The predicted molar refractivity (Wildman–Crippen MR) is 68.2 cm³/mol. The molecule has 1 heterocycles. The molecule has 1 aliphatic heterocycles. The van der Waals surface area contributed by atoms with Gasteiger partial charge < -0.3 is 5.73 Å². The Hall–Kier alpha value is -1.44. The smallest absolute Gasteiger partial charge is 0.129 e. The number of likely N-dealkylation sites (tertiary alicyclic amines) is 1. The van der Waals surface area contributed by atoms with Crippen LogP contribution in [0.25, 0.3) is 0 Å². The zero-order valence-electron chi connectivity index (χ0n) is 10.6. The summed E-state index contributed by atoms with van der Waals surface area (Å²) in [6.07, 6.45) is 1.92. The largest absolute Gasteiger partial charge is 0.328 e. The van der Waals surface area contributed by atoms with E-state index in [1.807, 2.05) is 6.07 Å². The normalized spacial score (nSPS) is 24.8. The van der Waals surface area contributed by atoms with Crippen LogP contribution in [0.4, 0.5) is 4.39 Å². The summed E-state index contributed by atoms with van der Waals surface area (Å²) in [6, 6.07) is 7.26. The zero-order valence-corrected chi connectivity index (χ0v) is 10.6. The maximum absolute atomic E-state index is 13.8. The monoisotopic (exact) mass is 247 g/mol. The number of nitrogens with zero attached hydrogens (tertiary/aromatic N) is 2. The number of benzene rings is 1. The molecule has 1 aromatic rings. The van der Waals surface area contributed by atoms with Gasteiger partial charge in [-0.05, 0) is 31.9 Å². The van der Waals surface area contributed by atoms with E-state index in [0.29, 0.717) is 23.7 Å². The van der Waals surface area contributed by atoms with E-state index in [2.05, 4.69) is 11.8 Å². The van der Waals surface area contributed by atoms with E-state index in [1.165, 1.54) is 6.07 Å². The Morgan fingerprint density at radius 2 is 2.33 bits per heavy atom. The molecular weight excluding hydrogens is 229 g/mol. The van der Waals surface area contributed by atoms with Gasteiger partial charge in [-0.3, -0.25) is 4.90 Å². The summed E-state index contributed by atoms with van der Waals surface area (Å²) in [4.78, 5) is 2.24. The van der Waals surface area contributed by atoms with Crippen LogP contribution in [0.1, 0.15) is 30.9 Å². The van der Waals surface area contributed by atoms with Crippen molar-refractivity contribution in [3.63, 3.8) is 0 Å². The molecule has 1 aliphatic rings. The van der Waals surface area contributed by atoms with Crippen molar-refractivity contribution in [1.82, 2.24) is 4.90 Å². The van der Waals surface area contributed by atoms with E-state index in [1.54, 1.807) is 12.1 Å². The number of hydrogen-bond acceptors (Lipinski definition) is 3.